The lowest BCUT2D eigenvalue weighted by molar-refractivity contribution is 0.0525. The van der Waals surface area contributed by atoms with Crippen molar-refractivity contribution in [1.82, 2.24) is 4.57 Å². The van der Waals surface area contributed by atoms with E-state index in [9.17, 15) is 4.79 Å². The summed E-state index contributed by atoms with van der Waals surface area (Å²) in [7, 11) is 0. The van der Waals surface area contributed by atoms with E-state index < -0.39 is 0 Å². The van der Waals surface area contributed by atoms with E-state index in [0.29, 0.717) is 23.6 Å². The van der Waals surface area contributed by atoms with E-state index in [0.717, 1.165) is 22.4 Å². The van der Waals surface area contributed by atoms with Crippen molar-refractivity contribution < 1.29 is 9.53 Å². The molecule has 0 amide bonds. The number of carbonyl (C=O) groups is 1. The number of esters is 1. The van der Waals surface area contributed by atoms with E-state index in [1.807, 2.05) is 44.2 Å². The number of hydrogen-bond acceptors (Lipinski definition) is 2. The van der Waals surface area contributed by atoms with Crippen LogP contribution < -0.4 is 0 Å². The Morgan fingerprint density at radius 1 is 1.29 bits per heavy atom. The second-order valence-electron chi connectivity index (χ2n) is 4.60. The van der Waals surface area contributed by atoms with Crippen LogP contribution in [-0.2, 0) is 17.7 Å². The fourth-order valence-electron chi connectivity index (χ4n) is 2.27. The lowest BCUT2D eigenvalue weighted by atomic mass is 10.1. The van der Waals surface area contributed by atoms with E-state index in [1.165, 1.54) is 0 Å². The van der Waals surface area contributed by atoms with Crippen LogP contribution in [0.25, 0.3) is 0 Å². The van der Waals surface area contributed by atoms with Gasteiger partial charge in [0.05, 0.1) is 16.8 Å². The largest absolute Gasteiger partial charge is 0.462 e. The Morgan fingerprint density at radius 2 is 1.95 bits per heavy atom. The minimum absolute atomic E-state index is 0.283. The molecule has 0 aliphatic heterocycles. The third-order valence-electron chi connectivity index (χ3n) is 3.25. The maximum atomic E-state index is 12.1. The highest BCUT2D eigenvalue weighted by Gasteiger charge is 2.19. The molecule has 2 rings (SSSR count). The Balaban J connectivity index is 2.39. The molecule has 5 heteroatoms. The molecule has 0 bridgehead atoms. The topological polar surface area (TPSA) is 31.2 Å². The molecule has 21 heavy (non-hydrogen) atoms. The summed E-state index contributed by atoms with van der Waals surface area (Å²) < 4.78 is 8.10. The summed E-state index contributed by atoms with van der Waals surface area (Å²) >= 11 is 9.42. The maximum absolute atomic E-state index is 12.1. The van der Waals surface area contributed by atoms with Crippen LogP contribution in [0.2, 0.25) is 5.02 Å². The standard InChI is InChI=1S/C16H17BrClNO2/c1-3-19-14(9-11-5-7-12(18)8-6-11)13(10-15(19)17)16(20)21-4-2/h5-8,10H,3-4,9H2,1-2H3. The molecule has 3 nitrogen and oxygen atoms in total. The molecule has 0 saturated carbocycles. The summed E-state index contributed by atoms with van der Waals surface area (Å²) in [6.45, 7) is 5.00. The molecule has 0 radical (unpaired) electrons. The summed E-state index contributed by atoms with van der Waals surface area (Å²) in [5, 5.41) is 0.705. The fourth-order valence-corrected chi connectivity index (χ4v) is 3.09. The molecule has 0 fully saturated rings. The van der Waals surface area contributed by atoms with Gasteiger partial charge in [0.15, 0.2) is 0 Å². The van der Waals surface area contributed by atoms with Gasteiger partial charge in [-0.2, -0.15) is 0 Å². The molecule has 2 aromatic rings. The molecule has 1 heterocycles. The highest BCUT2D eigenvalue weighted by Crippen LogP contribution is 2.25. The first-order valence-electron chi connectivity index (χ1n) is 6.86. The Morgan fingerprint density at radius 3 is 2.52 bits per heavy atom. The molecule has 0 saturated heterocycles. The van der Waals surface area contributed by atoms with Gasteiger partial charge < -0.3 is 9.30 Å². The van der Waals surface area contributed by atoms with E-state index in [-0.39, 0.29) is 5.97 Å². The number of benzene rings is 1. The molecule has 112 valence electrons. The van der Waals surface area contributed by atoms with Crippen LogP contribution in [0.1, 0.15) is 35.5 Å². The summed E-state index contributed by atoms with van der Waals surface area (Å²) in [5.41, 5.74) is 2.66. The lowest BCUT2D eigenvalue weighted by Crippen LogP contribution is -2.10. The first kappa shape index (κ1) is 16.1. The van der Waals surface area contributed by atoms with Crippen molar-refractivity contribution in [3.63, 3.8) is 0 Å². The summed E-state index contributed by atoms with van der Waals surface area (Å²) in [4.78, 5) is 12.1. The van der Waals surface area contributed by atoms with Gasteiger partial charge in [-0.05, 0) is 53.5 Å². The average molecular weight is 371 g/mol. The smallest absolute Gasteiger partial charge is 0.340 e. The van der Waals surface area contributed by atoms with Crippen LogP contribution in [0, 0.1) is 0 Å². The van der Waals surface area contributed by atoms with Gasteiger partial charge in [-0.25, -0.2) is 4.79 Å². The molecular formula is C16H17BrClNO2. The molecule has 1 aromatic heterocycles. The molecule has 1 aromatic carbocycles. The van der Waals surface area contributed by atoms with Gasteiger partial charge in [-0.1, -0.05) is 23.7 Å². The third-order valence-corrected chi connectivity index (χ3v) is 4.16. The predicted molar refractivity (Wildman–Crippen MR) is 88.0 cm³/mol. The zero-order valence-electron chi connectivity index (χ0n) is 12.0. The van der Waals surface area contributed by atoms with Crippen molar-refractivity contribution in [1.29, 1.82) is 0 Å². The number of carbonyl (C=O) groups excluding carboxylic acids is 1. The third kappa shape index (κ3) is 3.69. The monoisotopic (exact) mass is 369 g/mol. The number of hydrogen-bond donors (Lipinski definition) is 0. The van der Waals surface area contributed by atoms with Crippen molar-refractivity contribution in [3.8, 4) is 0 Å². The van der Waals surface area contributed by atoms with Gasteiger partial charge in [0, 0.05) is 23.7 Å². The highest BCUT2D eigenvalue weighted by molar-refractivity contribution is 9.10. The van der Waals surface area contributed by atoms with Crippen LogP contribution in [0.4, 0.5) is 0 Å². The second kappa shape index (κ2) is 7.14. The zero-order valence-corrected chi connectivity index (χ0v) is 14.4. The predicted octanol–water partition coefficient (Wildman–Crippen LogP) is 4.69. The summed E-state index contributed by atoms with van der Waals surface area (Å²) in [6.07, 6.45) is 0.657. The van der Waals surface area contributed by atoms with Gasteiger partial charge in [0.1, 0.15) is 0 Å². The van der Waals surface area contributed by atoms with Gasteiger partial charge >= 0.3 is 5.97 Å². The number of ether oxygens (including phenoxy) is 1. The van der Waals surface area contributed by atoms with Gasteiger partial charge in [-0.3, -0.25) is 0 Å². The number of aromatic nitrogens is 1. The molecule has 0 atom stereocenters. The van der Waals surface area contributed by atoms with Crippen LogP contribution >= 0.6 is 27.5 Å². The van der Waals surface area contributed by atoms with E-state index in [1.54, 1.807) is 0 Å². The average Bonchev–Trinajstić information content (AvgIpc) is 2.77. The van der Waals surface area contributed by atoms with Crippen molar-refractivity contribution in [2.24, 2.45) is 0 Å². The Bertz CT molecular complexity index is 634. The first-order valence-corrected chi connectivity index (χ1v) is 8.03. The summed E-state index contributed by atoms with van der Waals surface area (Å²) in [6, 6.07) is 9.48. The van der Waals surface area contributed by atoms with E-state index >= 15 is 0 Å². The van der Waals surface area contributed by atoms with Crippen LogP contribution in [-0.4, -0.2) is 17.1 Å². The highest BCUT2D eigenvalue weighted by atomic mass is 79.9. The van der Waals surface area contributed by atoms with Crippen LogP contribution in [0.3, 0.4) is 0 Å². The normalized spacial score (nSPS) is 10.7. The first-order chi connectivity index (χ1) is 10.1. The molecule has 0 aliphatic carbocycles. The Hall–Kier alpha value is -1.26. The lowest BCUT2D eigenvalue weighted by Gasteiger charge is -2.10. The van der Waals surface area contributed by atoms with Gasteiger partial charge in [-0.15, -0.1) is 0 Å². The zero-order chi connectivity index (χ0) is 15.4. The van der Waals surface area contributed by atoms with E-state index in [4.69, 9.17) is 16.3 Å². The fraction of sp³-hybridized carbons (Fsp3) is 0.312. The van der Waals surface area contributed by atoms with Crippen LogP contribution in [0.15, 0.2) is 34.9 Å². The SMILES string of the molecule is CCOC(=O)c1cc(Br)n(CC)c1Cc1ccc(Cl)cc1. The van der Waals surface area contributed by atoms with Crippen molar-refractivity contribution in [2.75, 3.05) is 6.61 Å². The Labute approximate surface area is 138 Å². The Kier molecular flexibility index (Phi) is 5.48. The number of nitrogens with zero attached hydrogens (tertiary/aromatic N) is 1. The van der Waals surface area contributed by atoms with Gasteiger partial charge in [0.25, 0.3) is 0 Å². The molecular weight excluding hydrogens is 354 g/mol. The molecule has 0 unspecified atom stereocenters. The second-order valence-corrected chi connectivity index (χ2v) is 5.84. The van der Waals surface area contributed by atoms with Crippen molar-refractivity contribution in [2.45, 2.75) is 26.8 Å². The van der Waals surface area contributed by atoms with Gasteiger partial charge in [0.2, 0.25) is 0 Å². The molecule has 0 spiro atoms. The van der Waals surface area contributed by atoms with Crippen molar-refractivity contribution >= 4 is 33.5 Å². The van der Waals surface area contributed by atoms with Crippen LogP contribution in [0.5, 0.6) is 0 Å². The molecule has 0 aliphatic rings. The molecule has 0 N–H and O–H groups in total. The van der Waals surface area contributed by atoms with Crippen molar-refractivity contribution in [3.05, 3.63) is 56.8 Å². The minimum Gasteiger partial charge on any atom is -0.462 e. The maximum Gasteiger partial charge on any atom is 0.340 e. The number of halogens is 2. The minimum atomic E-state index is -0.283. The summed E-state index contributed by atoms with van der Waals surface area (Å²) in [5.74, 6) is -0.283. The quantitative estimate of drug-likeness (QED) is 0.715. The number of rotatable bonds is 5. The van der Waals surface area contributed by atoms with E-state index in [2.05, 4.69) is 20.5 Å².